The fourth-order valence-electron chi connectivity index (χ4n) is 1.82. The first-order chi connectivity index (χ1) is 12.0. The van der Waals surface area contributed by atoms with Gasteiger partial charge in [-0.25, -0.2) is 0 Å². The van der Waals surface area contributed by atoms with Crippen LogP contribution in [0, 0.1) is 0 Å². The third kappa shape index (κ3) is 9.92. The van der Waals surface area contributed by atoms with E-state index in [0.29, 0.717) is 29.7 Å². The number of amides is 1. The fourth-order valence-corrected chi connectivity index (χ4v) is 2.01. The zero-order chi connectivity index (χ0) is 18.7. The number of hydrogen-bond donors (Lipinski definition) is 3. The van der Waals surface area contributed by atoms with E-state index in [1.54, 1.807) is 0 Å². The van der Waals surface area contributed by atoms with E-state index in [4.69, 9.17) is 16.3 Å². The second-order valence-corrected chi connectivity index (χ2v) is 5.19. The van der Waals surface area contributed by atoms with Crippen molar-refractivity contribution in [2.75, 3.05) is 33.9 Å². The zero-order valence-corrected chi connectivity index (χ0v) is 17.4. The molecule has 0 spiro atoms. The summed E-state index contributed by atoms with van der Waals surface area (Å²) in [6, 6.07) is 4.34. The molecule has 0 aliphatic carbocycles. The van der Waals surface area contributed by atoms with Crippen molar-refractivity contribution < 1.29 is 23.0 Å². The van der Waals surface area contributed by atoms with Crippen LogP contribution in [0.3, 0.4) is 0 Å². The summed E-state index contributed by atoms with van der Waals surface area (Å²) in [4.78, 5) is 15.6. The number of alkyl halides is 2. The van der Waals surface area contributed by atoms with Crippen LogP contribution in [0.1, 0.15) is 5.56 Å². The van der Waals surface area contributed by atoms with Gasteiger partial charge < -0.3 is 25.4 Å². The Balaban J connectivity index is 0.00000625. The molecule has 0 radical (unpaired) electrons. The number of carbonyl (C=O) groups excluding carboxylic acids is 1. The number of guanidine groups is 1. The van der Waals surface area contributed by atoms with Gasteiger partial charge in [0.25, 0.3) is 0 Å². The molecule has 0 saturated carbocycles. The number of nitrogens with one attached hydrogen (secondary N) is 3. The summed E-state index contributed by atoms with van der Waals surface area (Å²) in [5.74, 6) is 0.106. The van der Waals surface area contributed by atoms with E-state index < -0.39 is 6.61 Å². The highest BCUT2D eigenvalue weighted by Crippen LogP contribution is 2.24. The quantitative estimate of drug-likeness (QED) is 0.207. The lowest BCUT2D eigenvalue weighted by Crippen LogP contribution is -2.43. The van der Waals surface area contributed by atoms with Crippen LogP contribution >= 0.6 is 35.6 Å². The van der Waals surface area contributed by atoms with Gasteiger partial charge in [-0.2, -0.15) is 8.78 Å². The van der Waals surface area contributed by atoms with Gasteiger partial charge in [-0.1, -0.05) is 11.6 Å². The third-order valence-corrected chi connectivity index (χ3v) is 3.19. The smallest absolute Gasteiger partial charge is 0.387 e. The van der Waals surface area contributed by atoms with E-state index in [2.05, 4.69) is 25.7 Å². The van der Waals surface area contributed by atoms with Gasteiger partial charge in [-0.15, -0.1) is 24.0 Å². The standard InChI is InChI=1S/C15H21ClF2N4O3.HI/c1-19-15(22-9-13(23)20-5-6-24-2)21-8-10-7-11(16)3-4-12(10)25-14(17)18;/h3-4,7,14H,5-6,8-9H2,1-2H3,(H,20,23)(H2,19,21,22);1H. The summed E-state index contributed by atoms with van der Waals surface area (Å²) in [6.07, 6.45) is 0. The first kappa shape index (κ1) is 24.6. The molecule has 0 aliphatic rings. The highest BCUT2D eigenvalue weighted by Gasteiger charge is 2.11. The Bertz CT molecular complexity index is 594. The van der Waals surface area contributed by atoms with Gasteiger partial charge in [0, 0.05) is 37.8 Å². The van der Waals surface area contributed by atoms with Crippen LogP contribution in [0.15, 0.2) is 23.2 Å². The Morgan fingerprint density at radius 2 is 2.04 bits per heavy atom. The summed E-state index contributed by atoms with van der Waals surface area (Å²) in [6.45, 7) is -1.99. The van der Waals surface area contributed by atoms with Gasteiger partial charge >= 0.3 is 6.61 Å². The molecular formula is C15H22ClF2IN4O3. The summed E-state index contributed by atoms with van der Waals surface area (Å²) < 4.78 is 34.2. The molecule has 0 bridgehead atoms. The molecule has 0 saturated heterocycles. The number of rotatable bonds is 9. The fraction of sp³-hybridized carbons (Fsp3) is 0.467. The maximum absolute atomic E-state index is 12.4. The average molecular weight is 507 g/mol. The Morgan fingerprint density at radius 1 is 1.31 bits per heavy atom. The molecule has 0 aliphatic heterocycles. The predicted molar refractivity (Wildman–Crippen MR) is 107 cm³/mol. The van der Waals surface area contributed by atoms with Crippen LogP contribution in [0.5, 0.6) is 5.75 Å². The van der Waals surface area contributed by atoms with Crippen molar-refractivity contribution in [1.29, 1.82) is 0 Å². The highest BCUT2D eigenvalue weighted by molar-refractivity contribution is 14.0. The number of halogens is 4. The van der Waals surface area contributed by atoms with Crippen molar-refractivity contribution in [2.45, 2.75) is 13.2 Å². The van der Waals surface area contributed by atoms with Gasteiger partial charge in [0.15, 0.2) is 5.96 Å². The highest BCUT2D eigenvalue weighted by atomic mass is 127. The molecule has 148 valence electrons. The number of hydrogen-bond acceptors (Lipinski definition) is 4. The molecule has 0 fully saturated rings. The lowest BCUT2D eigenvalue weighted by Gasteiger charge is -2.15. The van der Waals surface area contributed by atoms with E-state index >= 15 is 0 Å². The number of aliphatic imine (C=N–C) groups is 1. The minimum absolute atomic E-state index is 0. The Morgan fingerprint density at radius 3 is 2.65 bits per heavy atom. The molecule has 0 aromatic heterocycles. The normalized spacial score (nSPS) is 10.9. The molecule has 0 atom stereocenters. The van der Waals surface area contributed by atoms with Crippen LogP contribution < -0.4 is 20.7 Å². The van der Waals surface area contributed by atoms with Gasteiger partial charge in [0.05, 0.1) is 13.2 Å². The van der Waals surface area contributed by atoms with E-state index in [0.717, 1.165) is 0 Å². The van der Waals surface area contributed by atoms with Crippen molar-refractivity contribution in [3.8, 4) is 5.75 Å². The lowest BCUT2D eigenvalue weighted by molar-refractivity contribution is -0.120. The molecule has 1 rings (SSSR count). The van der Waals surface area contributed by atoms with Crippen molar-refractivity contribution in [1.82, 2.24) is 16.0 Å². The summed E-state index contributed by atoms with van der Waals surface area (Å²) >= 11 is 5.89. The zero-order valence-electron chi connectivity index (χ0n) is 14.4. The molecule has 1 aromatic rings. The maximum atomic E-state index is 12.4. The van der Waals surface area contributed by atoms with Gasteiger partial charge in [0.2, 0.25) is 5.91 Å². The number of ether oxygens (including phenoxy) is 2. The summed E-state index contributed by atoms with van der Waals surface area (Å²) in [5.41, 5.74) is 0.431. The van der Waals surface area contributed by atoms with Crippen molar-refractivity contribution in [3.63, 3.8) is 0 Å². The second kappa shape index (κ2) is 13.8. The minimum atomic E-state index is -2.94. The van der Waals surface area contributed by atoms with Gasteiger partial charge in [-0.05, 0) is 18.2 Å². The van der Waals surface area contributed by atoms with Gasteiger partial charge in [0.1, 0.15) is 5.75 Å². The van der Waals surface area contributed by atoms with Crippen LogP contribution in [0.2, 0.25) is 5.02 Å². The molecule has 7 nitrogen and oxygen atoms in total. The number of benzene rings is 1. The molecule has 3 N–H and O–H groups in total. The summed E-state index contributed by atoms with van der Waals surface area (Å²) in [7, 11) is 3.06. The van der Waals surface area contributed by atoms with Crippen LogP contribution in [0.25, 0.3) is 0 Å². The number of nitrogens with zero attached hydrogens (tertiary/aromatic N) is 1. The molecule has 0 heterocycles. The van der Waals surface area contributed by atoms with Crippen LogP contribution in [-0.4, -0.2) is 52.3 Å². The first-order valence-corrected chi connectivity index (χ1v) is 7.77. The Hall–Kier alpha value is -1.40. The van der Waals surface area contributed by atoms with E-state index in [1.807, 2.05) is 0 Å². The average Bonchev–Trinajstić information content (AvgIpc) is 2.57. The topological polar surface area (TPSA) is 84.0 Å². The summed E-state index contributed by atoms with van der Waals surface area (Å²) in [5, 5.41) is 8.74. The second-order valence-electron chi connectivity index (χ2n) is 4.75. The minimum Gasteiger partial charge on any atom is -0.434 e. The molecule has 0 unspecified atom stereocenters. The first-order valence-electron chi connectivity index (χ1n) is 7.39. The van der Waals surface area contributed by atoms with Crippen molar-refractivity contribution in [2.24, 2.45) is 4.99 Å². The van der Waals surface area contributed by atoms with E-state index in [-0.39, 0.29) is 48.7 Å². The van der Waals surface area contributed by atoms with Crippen LogP contribution in [-0.2, 0) is 16.1 Å². The van der Waals surface area contributed by atoms with Crippen molar-refractivity contribution >= 4 is 47.4 Å². The maximum Gasteiger partial charge on any atom is 0.387 e. The molecule has 1 amide bonds. The number of carbonyl (C=O) groups is 1. The SMILES string of the molecule is CN=C(NCC(=O)NCCOC)NCc1cc(Cl)ccc1OC(F)F.I. The third-order valence-electron chi connectivity index (χ3n) is 2.95. The van der Waals surface area contributed by atoms with E-state index in [1.165, 1.54) is 32.4 Å². The number of methoxy groups -OCH3 is 1. The largest absolute Gasteiger partial charge is 0.434 e. The van der Waals surface area contributed by atoms with Crippen molar-refractivity contribution in [3.05, 3.63) is 28.8 Å². The molecule has 26 heavy (non-hydrogen) atoms. The predicted octanol–water partition coefficient (Wildman–Crippen LogP) is 1.99. The lowest BCUT2D eigenvalue weighted by atomic mass is 10.2. The Labute approximate surface area is 172 Å². The molecular weight excluding hydrogens is 485 g/mol. The molecule has 1 aromatic carbocycles. The molecule has 11 heteroatoms. The van der Waals surface area contributed by atoms with Gasteiger partial charge in [-0.3, -0.25) is 9.79 Å². The van der Waals surface area contributed by atoms with Crippen LogP contribution in [0.4, 0.5) is 8.78 Å². The Kier molecular flexibility index (Phi) is 13.0. The monoisotopic (exact) mass is 506 g/mol. The van der Waals surface area contributed by atoms with E-state index in [9.17, 15) is 13.6 Å².